The number of nitrogens with two attached hydrogens (primary N) is 1. The first-order valence-corrected chi connectivity index (χ1v) is 6.88. The summed E-state index contributed by atoms with van der Waals surface area (Å²) < 4.78 is 13.1. The van der Waals surface area contributed by atoms with E-state index in [9.17, 15) is 4.39 Å². The third-order valence-corrected chi connectivity index (χ3v) is 3.91. The summed E-state index contributed by atoms with van der Waals surface area (Å²) in [6, 6.07) is 6.59. The van der Waals surface area contributed by atoms with E-state index in [4.69, 9.17) is 5.73 Å². The molecule has 1 aromatic carbocycles. The fourth-order valence-corrected chi connectivity index (χ4v) is 2.51. The van der Waals surface area contributed by atoms with Crippen molar-refractivity contribution in [2.75, 3.05) is 19.6 Å². The Kier molecular flexibility index (Phi) is 4.72. The number of nitrogens with zero attached hydrogens (tertiary/aromatic N) is 1. The van der Waals surface area contributed by atoms with Crippen molar-refractivity contribution in [3.05, 3.63) is 35.6 Å². The van der Waals surface area contributed by atoms with Gasteiger partial charge in [-0.25, -0.2) is 4.39 Å². The maximum atomic E-state index is 13.1. The van der Waals surface area contributed by atoms with Crippen molar-refractivity contribution in [1.82, 2.24) is 4.90 Å². The van der Waals surface area contributed by atoms with E-state index in [1.165, 1.54) is 32.0 Å². The Bertz CT molecular complexity index is 373. The van der Waals surface area contributed by atoms with Gasteiger partial charge in [0.25, 0.3) is 0 Å². The summed E-state index contributed by atoms with van der Waals surface area (Å²) in [5, 5.41) is 0. The number of benzene rings is 1. The molecule has 18 heavy (non-hydrogen) atoms. The minimum atomic E-state index is -0.199. The van der Waals surface area contributed by atoms with Crippen LogP contribution in [0.25, 0.3) is 0 Å². The van der Waals surface area contributed by atoms with Crippen LogP contribution in [-0.4, -0.2) is 24.5 Å². The third kappa shape index (κ3) is 3.79. The molecule has 2 N–H and O–H groups in total. The summed E-state index contributed by atoms with van der Waals surface area (Å²) in [5.41, 5.74) is 7.02. The van der Waals surface area contributed by atoms with Gasteiger partial charge in [0.15, 0.2) is 0 Å². The zero-order valence-corrected chi connectivity index (χ0v) is 11.1. The van der Waals surface area contributed by atoms with Crippen molar-refractivity contribution in [3.8, 4) is 0 Å². The van der Waals surface area contributed by atoms with Crippen LogP contribution in [0.1, 0.15) is 37.8 Å². The minimum absolute atomic E-state index is 0.0555. The molecule has 2 rings (SSSR count). The molecule has 1 fully saturated rings. The van der Waals surface area contributed by atoms with Crippen molar-refractivity contribution in [1.29, 1.82) is 0 Å². The van der Waals surface area contributed by atoms with Gasteiger partial charge in [-0.3, -0.25) is 0 Å². The smallest absolute Gasteiger partial charge is 0.123 e. The molecular weight excluding hydrogens is 227 g/mol. The predicted octanol–water partition coefficient (Wildman–Crippen LogP) is 2.95. The molecule has 1 heterocycles. The van der Waals surface area contributed by atoms with Crippen LogP contribution in [-0.2, 0) is 0 Å². The van der Waals surface area contributed by atoms with Crippen molar-refractivity contribution in [2.45, 2.75) is 32.2 Å². The lowest BCUT2D eigenvalue weighted by Gasteiger charge is -2.30. The van der Waals surface area contributed by atoms with E-state index in [1.54, 1.807) is 12.1 Å². The number of rotatable bonds is 4. The van der Waals surface area contributed by atoms with Gasteiger partial charge in [-0.1, -0.05) is 19.1 Å². The highest BCUT2D eigenvalue weighted by Gasteiger charge is 2.16. The van der Waals surface area contributed by atoms with E-state index in [1.807, 2.05) is 6.07 Å². The number of likely N-dealkylation sites (tertiary alicyclic amines) is 1. The first-order chi connectivity index (χ1) is 8.65. The molecule has 1 unspecified atom stereocenters. The van der Waals surface area contributed by atoms with Gasteiger partial charge in [-0.2, -0.15) is 0 Å². The number of halogens is 1. The Labute approximate surface area is 109 Å². The fraction of sp³-hybridized carbons (Fsp3) is 0.600. The Hall–Kier alpha value is -0.930. The number of hydrogen-bond acceptors (Lipinski definition) is 2. The SMILES string of the molecule is CC1CCN(CCC(N)c2cccc(F)c2)CC1. The monoisotopic (exact) mass is 250 g/mol. The van der Waals surface area contributed by atoms with Crippen LogP contribution >= 0.6 is 0 Å². The van der Waals surface area contributed by atoms with Crippen molar-refractivity contribution in [2.24, 2.45) is 11.7 Å². The molecule has 100 valence electrons. The zero-order valence-electron chi connectivity index (χ0n) is 11.1. The van der Waals surface area contributed by atoms with Crippen molar-refractivity contribution < 1.29 is 4.39 Å². The Morgan fingerprint density at radius 2 is 2.11 bits per heavy atom. The average Bonchev–Trinajstić information content (AvgIpc) is 2.38. The lowest BCUT2D eigenvalue weighted by molar-refractivity contribution is 0.187. The van der Waals surface area contributed by atoms with E-state index in [-0.39, 0.29) is 11.9 Å². The quantitative estimate of drug-likeness (QED) is 0.890. The third-order valence-electron chi connectivity index (χ3n) is 3.91. The van der Waals surface area contributed by atoms with Crippen LogP contribution in [0.4, 0.5) is 4.39 Å². The van der Waals surface area contributed by atoms with E-state index in [0.717, 1.165) is 24.4 Å². The van der Waals surface area contributed by atoms with E-state index >= 15 is 0 Å². The van der Waals surface area contributed by atoms with Gasteiger partial charge in [0.05, 0.1) is 0 Å². The first-order valence-electron chi connectivity index (χ1n) is 6.88. The van der Waals surface area contributed by atoms with Crippen LogP contribution in [0.15, 0.2) is 24.3 Å². The van der Waals surface area contributed by atoms with Crippen LogP contribution < -0.4 is 5.73 Å². The van der Waals surface area contributed by atoms with Crippen LogP contribution in [0, 0.1) is 11.7 Å². The molecule has 1 aliphatic rings. The summed E-state index contributed by atoms with van der Waals surface area (Å²) in [6.07, 6.45) is 3.47. The summed E-state index contributed by atoms with van der Waals surface area (Å²) >= 11 is 0. The van der Waals surface area contributed by atoms with Crippen LogP contribution in [0.3, 0.4) is 0 Å². The summed E-state index contributed by atoms with van der Waals surface area (Å²) in [6.45, 7) is 5.69. The molecule has 1 saturated heterocycles. The van der Waals surface area contributed by atoms with Gasteiger partial charge in [-0.15, -0.1) is 0 Å². The second-order valence-electron chi connectivity index (χ2n) is 5.47. The van der Waals surface area contributed by atoms with Gasteiger partial charge in [0, 0.05) is 6.04 Å². The van der Waals surface area contributed by atoms with Gasteiger partial charge >= 0.3 is 0 Å². The fourth-order valence-electron chi connectivity index (χ4n) is 2.51. The lowest BCUT2D eigenvalue weighted by Crippen LogP contribution is -2.34. The van der Waals surface area contributed by atoms with Crippen LogP contribution in [0.5, 0.6) is 0 Å². The molecule has 0 saturated carbocycles. The maximum absolute atomic E-state index is 13.1. The number of piperidine rings is 1. The van der Waals surface area contributed by atoms with Gasteiger partial charge in [-0.05, 0) is 62.5 Å². The van der Waals surface area contributed by atoms with Crippen molar-refractivity contribution in [3.63, 3.8) is 0 Å². The molecule has 0 bridgehead atoms. The molecule has 1 aliphatic heterocycles. The van der Waals surface area contributed by atoms with Gasteiger partial charge in [0.1, 0.15) is 5.82 Å². The van der Waals surface area contributed by atoms with Crippen molar-refractivity contribution >= 4 is 0 Å². The molecular formula is C15H23FN2. The summed E-state index contributed by atoms with van der Waals surface area (Å²) in [4.78, 5) is 2.47. The molecule has 0 aromatic heterocycles. The standard InChI is InChI=1S/C15H23FN2/c1-12-5-8-18(9-6-12)10-7-15(17)13-3-2-4-14(16)11-13/h2-4,11-12,15H,5-10,17H2,1H3. The highest BCUT2D eigenvalue weighted by Crippen LogP contribution is 2.19. The highest BCUT2D eigenvalue weighted by atomic mass is 19.1. The lowest BCUT2D eigenvalue weighted by atomic mass is 9.98. The predicted molar refractivity (Wildman–Crippen MR) is 72.8 cm³/mol. The van der Waals surface area contributed by atoms with Gasteiger partial charge < -0.3 is 10.6 Å². The van der Waals surface area contributed by atoms with E-state index in [0.29, 0.717) is 0 Å². The summed E-state index contributed by atoms with van der Waals surface area (Å²) in [5.74, 6) is 0.660. The molecule has 1 aromatic rings. The van der Waals surface area contributed by atoms with E-state index < -0.39 is 0 Å². The Morgan fingerprint density at radius 1 is 1.39 bits per heavy atom. The largest absolute Gasteiger partial charge is 0.324 e. The zero-order chi connectivity index (χ0) is 13.0. The second-order valence-corrected chi connectivity index (χ2v) is 5.47. The van der Waals surface area contributed by atoms with E-state index in [2.05, 4.69) is 11.8 Å². The molecule has 1 atom stereocenters. The molecule has 2 nitrogen and oxygen atoms in total. The topological polar surface area (TPSA) is 29.3 Å². The van der Waals surface area contributed by atoms with Gasteiger partial charge in [0.2, 0.25) is 0 Å². The Morgan fingerprint density at radius 3 is 2.78 bits per heavy atom. The number of hydrogen-bond donors (Lipinski definition) is 1. The normalized spacial score (nSPS) is 19.9. The molecule has 0 spiro atoms. The second kappa shape index (κ2) is 6.30. The highest BCUT2D eigenvalue weighted by molar-refractivity contribution is 5.19. The molecule has 3 heteroatoms. The molecule has 0 radical (unpaired) electrons. The average molecular weight is 250 g/mol. The Balaban J connectivity index is 1.79. The maximum Gasteiger partial charge on any atom is 0.123 e. The van der Waals surface area contributed by atoms with Crippen LogP contribution in [0.2, 0.25) is 0 Å². The summed E-state index contributed by atoms with van der Waals surface area (Å²) in [7, 11) is 0. The molecule has 0 amide bonds. The molecule has 0 aliphatic carbocycles. The first kappa shape index (κ1) is 13.5. The minimum Gasteiger partial charge on any atom is -0.324 e.